The molecule has 0 unspecified atom stereocenters. The van der Waals surface area contributed by atoms with Gasteiger partial charge in [0.25, 0.3) is 5.69 Å². The van der Waals surface area contributed by atoms with Gasteiger partial charge in [0.15, 0.2) is 11.5 Å². The lowest BCUT2D eigenvalue weighted by atomic mass is 10.1. The van der Waals surface area contributed by atoms with E-state index in [0.29, 0.717) is 44.1 Å². The highest BCUT2D eigenvalue weighted by Crippen LogP contribution is 2.38. The Balaban J connectivity index is 1.99. The van der Waals surface area contributed by atoms with Gasteiger partial charge in [-0.25, -0.2) is 0 Å². The third kappa shape index (κ3) is 3.95. The van der Waals surface area contributed by atoms with Crippen LogP contribution < -0.4 is 19.8 Å². The second-order valence-corrected chi connectivity index (χ2v) is 5.97. The Morgan fingerprint density at radius 2 is 1.85 bits per heavy atom. The standard InChI is InChI=1S/C18H17ClN4O4/c1-11-18(22-27-23(11)24)14-8-16(25-2)17(26-3)9-15(14)21-20-10-12-4-6-13(19)7-5-12/h4-10,21H,1-3H3/b20-10+. The van der Waals surface area contributed by atoms with E-state index in [1.54, 1.807) is 37.4 Å². The molecule has 0 fully saturated rings. The van der Waals surface area contributed by atoms with Crippen molar-refractivity contribution < 1.29 is 19.0 Å². The molecule has 27 heavy (non-hydrogen) atoms. The van der Waals surface area contributed by atoms with Crippen LogP contribution >= 0.6 is 11.6 Å². The first-order valence-electron chi connectivity index (χ1n) is 7.91. The molecule has 0 bridgehead atoms. The van der Waals surface area contributed by atoms with Crippen LogP contribution in [0.3, 0.4) is 0 Å². The third-order valence-corrected chi connectivity index (χ3v) is 4.12. The van der Waals surface area contributed by atoms with Crippen molar-refractivity contribution in [2.24, 2.45) is 5.10 Å². The maximum atomic E-state index is 11.6. The number of anilines is 1. The van der Waals surface area contributed by atoms with Crippen LogP contribution in [0.4, 0.5) is 5.69 Å². The molecule has 140 valence electrons. The van der Waals surface area contributed by atoms with E-state index in [4.69, 9.17) is 21.1 Å². The molecule has 0 spiro atoms. The lowest BCUT2D eigenvalue weighted by Crippen LogP contribution is -2.25. The van der Waals surface area contributed by atoms with Crippen molar-refractivity contribution in [3.8, 4) is 22.8 Å². The largest absolute Gasteiger partial charge is 0.493 e. The van der Waals surface area contributed by atoms with Crippen LogP contribution in [0.1, 0.15) is 11.3 Å². The van der Waals surface area contributed by atoms with Gasteiger partial charge in [-0.15, -0.1) is 0 Å². The topological polar surface area (TPSA) is 95.8 Å². The maximum Gasteiger partial charge on any atom is 0.253 e. The van der Waals surface area contributed by atoms with Gasteiger partial charge in [-0.05, 0) is 28.7 Å². The predicted octanol–water partition coefficient (Wildman–Crippen LogP) is 3.40. The van der Waals surface area contributed by atoms with E-state index in [0.717, 1.165) is 5.56 Å². The van der Waals surface area contributed by atoms with Crippen molar-refractivity contribution in [2.75, 3.05) is 19.6 Å². The van der Waals surface area contributed by atoms with Crippen LogP contribution in [-0.2, 0) is 0 Å². The molecule has 0 saturated carbocycles. The fourth-order valence-electron chi connectivity index (χ4n) is 2.43. The third-order valence-electron chi connectivity index (χ3n) is 3.87. The summed E-state index contributed by atoms with van der Waals surface area (Å²) < 4.78 is 15.4. The van der Waals surface area contributed by atoms with Crippen molar-refractivity contribution in [2.45, 2.75) is 6.92 Å². The number of hydrazone groups is 1. The molecule has 0 saturated heterocycles. The molecule has 1 heterocycles. The summed E-state index contributed by atoms with van der Waals surface area (Å²) in [7, 11) is 3.06. The molecule has 0 amide bonds. The first-order chi connectivity index (χ1) is 13.0. The highest BCUT2D eigenvalue weighted by molar-refractivity contribution is 6.30. The summed E-state index contributed by atoms with van der Waals surface area (Å²) in [6.07, 6.45) is 1.64. The van der Waals surface area contributed by atoms with Crippen molar-refractivity contribution >= 4 is 23.5 Å². The number of ether oxygens (including phenoxy) is 2. The van der Waals surface area contributed by atoms with E-state index in [9.17, 15) is 5.21 Å². The van der Waals surface area contributed by atoms with E-state index in [1.165, 1.54) is 14.2 Å². The zero-order chi connectivity index (χ0) is 19.4. The summed E-state index contributed by atoms with van der Waals surface area (Å²) in [6, 6.07) is 10.6. The van der Waals surface area contributed by atoms with Gasteiger partial charge in [0.05, 0.1) is 31.7 Å². The summed E-state index contributed by atoms with van der Waals surface area (Å²) in [4.78, 5) is 0.340. The van der Waals surface area contributed by atoms with Crippen LogP contribution in [0.2, 0.25) is 5.02 Å². The van der Waals surface area contributed by atoms with Crippen LogP contribution in [0, 0.1) is 12.1 Å². The van der Waals surface area contributed by atoms with Gasteiger partial charge in [0.2, 0.25) is 5.69 Å². The number of rotatable bonds is 6. The molecule has 0 aliphatic heterocycles. The summed E-state index contributed by atoms with van der Waals surface area (Å²) in [6.45, 7) is 1.61. The highest BCUT2D eigenvalue weighted by Gasteiger charge is 2.22. The molecule has 0 atom stereocenters. The zero-order valence-corrected chi connectivity index (χ0v) is 15.6. The fraction of sp³-hybridized carbons (Fsp3) is 0.167. The molecule has 3 aromatic rings. The van der Waals surface area contributed by atoms with Gasteiger partial charge in [0.1, 0.15) is 0 Å². The first-order valence-corrected chi connectivity index (χ1v) is 8.28. The van der Waals surface area contributed by atoms with Crippen LogP contribution in [0.5, 0.6) is 11.5 Å². The lowest BCUT2D eigenvalue weighted by molar-refractivity contribution is -0.806. The number of nitrogens with one attached hydrogen (secondary N) is 1. The molecule has 1 N–H and O–H groups in total. The summed E-state index contributed by atoms with van der Waals surface area (Å²) in [5.41, 5.74) is 5.64. The zero-order valence-electron chi connectivity index (χ0n) is 14.9. The SMILES string of the molecule is COc1cc(N/N=C/c2ccc(Cl)cc2)c(-c2no[n+]([O-])c2C)cc1OC. The first kappa shape index (κ1) is 18.5. The van der Waals surface area contributed by atoms with Gasteiger partial charge < -0.3 is 14.7 Å². The molecule has 3 rings (SSSR count). The lowest BCUT2D eigenvalue weighted by Gasteiger charge is -2.12. The van der Waals surface area contributed by atoms with Crippen molar-refractivity contribution in [1.29, 1.82) is 0 Å². The minimum absolute atomic E-state index is 0.312. The smallest absolute Gasteiger partial charge is 0.253 e. The van der Waals surface area contributed by atoms with E-state index in [1.807, 2.05) is 12.1 Å². The number of benzene rings is 2. The average molecular weight is 389 g/mol. The number of nitrogens with zero attached hydrogens (tertiary/aromatic N) is 3. The van der Waals surface area contributed by atoms with Crippen molar-refractivity contribution in [1.82, 2.24) is 5.16 Å². The molecule has 1 aromatic heterocycles. The fourth-order valence-corrected chi connectivity index (χ4v) is 2.55. The van der Waals surface area contributed by atoms with Gasteiger partial charge in [-0.3, -0.25) is 10.1 Å². The summed E-state index contributed by atoms with van der Waals surface area (Å²) >= 11 is 5.88. The Kier molecular flexibility index (Phi) is 5.46. The number of aromatic nitrogens is 2. The predicted molar refractivity (Wildman–Crippen MR) is 101 cm³/mol. The molecular formula is C18H17ClN4O4. The van der Waals surface area contributed by atoms with Gasteiger partial charge in [-0.2, -0.15) is 5.10 Å². The highest BCUT2D eigenvalue weighted by atomic mass is 35.5. The Morgan fingerprint density at radius 3 is 2.44 bits per heavy atom. The van der Waals surface area contributed by atoms with E-state index >= 15 is 0 Å². The maximum absolute atomic E-state index is 11.6. The normalized spacial score (nSPS) is 11.0. The minimum Gasteiger partial charge on any atom is -0.493 e. The molecule has 0 radical (unpaired) electrons. The Labute approximate surface area is 160 Å². The quantitative estimate of drug-likeness (QED) is 0.395. The Morgan fingerprint density at radius 1 is 1.19 bits per heavy atom. The monoisotopic (exact) mass is 388 g/mol. The molecule has 2 aromatic carbocycles. The van der Waals surface area contributed by atoms with E-state index in [2.05, 4.69) is 20.3 Å². The summed E-state index contributed by atoms with van der Waals surface area (Å²) in [5.74, 6) is 0.987. The average Bonchev–Trinajstić information content (AvgIpc) is 3.01. The van der Waals surface area contributed by atoms with Crippen LogP contribution in [0.25, 0.3) is 11.3 Å². The number of hydrogen-bond donors (Lipinski definition) is 1. The van der Waals surface area contributed by atoms with Crippen LogP contribution in [0.15, 0.2) is 46.1 Å². The number of methoxy groups -OCH3 is 2. The molecular weight excluding hydrogens is 372 g/mol. The molecule has 0 aliphatic carbocycles. The number of hydrogen-bond acceptors (Lipinski definition) is 7. The minimum atomic E-state index is 0.312. The van der Waals surface area contributed by atoms with Crippen molar-refractivity contribution in [3.05, 3.63) is 57.9 Å². The van der Waals surface area contributed by atoms with Gasteiger partial charge in [0, 0.05) is 23.2 Å². The Bertz CT molecular complexity index is 970. The molecule has 8 nitrogen and oxygen atoms in total. The molecule has 9 heteroatoms. The summed E-state index contributed by atoms with van der Waals surface area (Å²) in [5, 5.41) is 20.3. The van der Waals surface area contributed by atoms with E-state index < -0.39 is 0 Å². The van der Waals surface area contributed by atoms with Gasteiger partial charge >= 0.3 is 0 Å². The van der Waals surface area contributed by atoms with Crippen molar-refractivity contribution in [3.63, 3.8) is 0 Å². The second-order valence-electron chi connectivity index (χ2n) is 5.54. The second kappa shape index (κ2) is 7.96. The van der Waals surface area contributed by atoms with Crippen LogP contribution in [-0.4, -0.2) is 25.6 Å². The Hall–Kier alpha value is -3.26. The number of halogens is 1. The van der Waals surface area contributed by atoms with E-state index in [-0.39, 0.29) is 0 Å². The van der Waals surface area contributed by atoms with Gasteiger partial charge in [-0.1, -0.05) is 23.7 Å². The molecule has 0 aliphatic rings.